The van der Waals surface area contributed by atoms with Gasteiger partial charge in [0.25, 0.3) is 0 Å². The number of rotatable bonds is 6. The van der Waals surface area contributed by atoms with Crippen molar-refractivity contribution in [2.45, 2.75) is 4.90 Å². The summed E-state index contributed by atoms with van der Waals surface area (Å²) in [6, 6.07) is 14.2. The molecule has 0 aliphatic rings. The number of allylic oxidation sites excluding steroid dienone is 1. The summed E-state index contributed by atoms with van der Waals surface area (Å²) in [5.41, 5.74) is 0.579. The molecule has 0 saturated heterocycles. The Bertz CT molecular complexity index is 893. The highest BCUT2D eigenvalue weighted by molar-refractivity contribution is 7.95. The Kier molecular flexibility index (Phi) is 5.80. The van der Waals surface area contributed by atoms with Crippen molar-refractivity contribution in [2.24, 2.45) is 0 Å². The third-order valence-corrected chi connectivity index (χ3v) is 5.00. The molecule has 0 aromatic heterocycles. The lowest BCUT2D eigenvalue weighted by atomic mass is 10.2. The van der Waals surface area contributed by atoms with Crippen LogP contribution in [0.5, 0.6) is 5.75 Å². The second kappa shape index (κ2) is 7.82. The standard InChI is InChI=1S/C18H14ClNO3S/c1-2-11-23-16-7-3-14(4-8-16)12-18(13-20)24(21,22)17-9-5-15(19)6-10-17/h2-10,12H,1,11H2. The minimum absolute atomic E-state index is 0.0191. The first-order valence-electron chi connectivity index (χ1n) is 6.93. The summed E-state index contributed by atoms with van der Waals surface area (Å²) in [4.78, 5) is -0.324. The molecule has 0 aliphatic carbocycles. The first-order valence-corrected chi connectivity index (χ1v) is 8.79. The van der Waals surface area contributed by atoms with Crippen LogP contribution in [-0.4, -0.2) is 15.0 Å². The fourth-order valence-electron chi connectivity index (χ4n) is 1.88. The Morgan fingerprint density at radius 1 is 1.17 bits per heavy atom. The number of nitrogens with zero attached hydrogens (tertiary/aromatic N) is 1. The van der Waals surface area contributed by atoms with Crippen LogP contribution >= 0.6 is 11.6 Å². The summed E-state index contributed by atoms with van der Waals surface area (Å²) >= 11 is 5.76. The van der Waals surface area contributed by atoms with Crippen LogP contribution in [-0.2, 0) is 9.84 Å². The molecule has 0 spiro atoms. The lowest BCUT2D eigenvalue weighted by Gasteiger charge is -2.05. The van der Waals surface area contributed by atoms with Crippen molar-refractivity contribution in [3.05, 3.63) is 76.7 Å². The second-order valence-corrected chi connectivity index (χ2v) is 7.10. The SMILES string of the molecule is C=CCOc1ccc(C=C(C#N)S(=O)(=O)c2ccc(Cl)cc2)cc1. The normalized spacial score (nSPS) is 11.6. The molecule has 2 aromatic rings. The zero-order valence-electron chi connectivity index (χ0n) is 12.6. The minimum atomic E-state index is -3.89. The molecule has 0 bridgehead atoms. The van der Waals surface area contributed by atoms with Crippen molar-refractivity contribution in [2.75, 3.05) is 6.61 Å². The Hall–Kier alpha value is -2.55. The van der Waals surface area contributed by atoms with Crippen LogP contribution in [0.4, 0.5) is 0 Å². The molecule has 0 atom stereocenters. The van der Waals surface area contributed by atoms with Crippen molar-refractivity contribution in [1.29, 1.82) is 5.26 Å². The molecular weight excluding hydrogens is 346 g/mol. The van der Waals surface area contributed by atoms with E-state index >= 15 is 0 Å². The van der Waals surface area contributed by atoms with Gasteiger partial charge in [-0.15, -0.1) is 0 Å². The van der Waals surface area contributed by atoms with E-state index in [9.17, 15) is 13.7 Å². The topological polar surface area (TPSA) is 67.2 Å². The first-order chi connectivity index (χ1) is 11.5. The minimum Gasteiger partial charge on any atom is -0.490 e. The lowest BCUT2D eigenvalue weighted by molar-refractivity contribution is 0.363. The highest BCUT2D eigenvalue weighted by atomic mass is 35.5. The summed E-state index contributed by atoms with van der Waals surface area (Å²) in [6.07, 6.45) is 2.95. The van der Waals surface area contributed by atoms with Crippen LogP contribution in [0, 0.1) is 11.3 Å². The molecule has 6 heteroatoms. The highest BCUT2D eigenvalue weighted by Crippen LogP contribution is 2.23. The van der Waals surface area contributed by atoms with Crippen LogP contribution in [0.2, 0.25) is 5.02 Å². The Morgan fingerprint density at radius 3 is 2.33 bits per heavy atom. The maximum atomic E-state index is 12.5. The van der Waals surface area contributed by atoms with Crippen molar-refractivity contribution < 1.29 is 13.2 Å². The van der Waals surface area contributed by atoms with Gasteiger partial charge in [-0.3, -0.25) is 0 Å². The van der Waals surface area contributed by atoms with Gasteiger partial charge in [-0.1, -0.05) is 36.4 Å². The van der Waals surface area contributed by atoms with Gasteiger partial charge in [0.15, 0.2) is 0 Å². The number of hydrogen-bond acceptors (Lipinski definition) is 4. The molecule has 0 aliphatic heterocycles. The molecule has 0 fully saturated rings. The number of nitriles is 1. The largest absolute Gasteiger partial charge is 0.490 e. The predicted octanol–water partition coefficient (Wildman–Crippen LogP) is 4.24. The predicted molar refractivity (Wildman–Crippen MR) is 94.4 cm³/mol. The molecular formula is C18H14ClNO3S. The number of sulfone groups is 1. The van der Waals surface area contributed by atoms with Crippen LogP contribution in [0.1, 0.15) is 5.56 Å². The van der Waals surface area contributed by atoms with Gasteiger partial charge in [0.1, 0.15) is 23.3 Å². The van der Waals surface area contributed by atoms with E-state index in [-0.39, 0.29) is 9.80 Å². The number of ether oxygens (including phenoxy) is 1. The third-order valence-electron chi connectivity index (χ3n) is 3.07. The van der Waals surface area contributed by atoms with Crippen molar-refractivity contribution in [3.63, 3.8) is 0 Å². The van der Waals surface area contributed by atoms with Crippen molar-refractivity contribution >= 4 is 27.5 Å². The van der Waals surface area contributed by atoms with Crippen LogP contribution < -0.4 is 4.74 Å². The van der Waals surface area contributed by atoms with E-state index in [2.05, 4.69) is 6.58 Å². The van der Waals surface area contributed by atoms with Gasteiger partial charge in [-0.2, -0.15) is 5.26 Å². The molecule has 4 nitrogen and oxygen atoms in total. The number of halogens is 1. The van der Waals surface area contributed by atoms with Crippen LogP contribution in [0.3, 0.4) is 0 Å². The summed E-state index contributed by atoms with van der Waals surface area (Å²) in [5, 5.41) is 9.67. The summed E-state index contributed by atoms with van der Waals surface area (Å²) < 4.78 is 30.4. The van der Waals surface area contributed by atoms with Crippen LogP contribution in [0.15, 0.2) is 71.0 Å². The molecule has 0 unspecified atom stereocenters. The Balaban J connectivity index is 2.33. The van der Waals surface area contributed by atoms with Gasteiger partial charge in [-0.05, 0) is 48.0 Å². The maximum Gasteiger partial charge on any atom is 0.216 e. The average Bonchev–Trinajstić information content (AvgIpc) is 2.59. The fourth-order valence-corrected chi connectivity index (χ4v) is 3.16. The van der Waals surface area contributed by atoms with Gasteiger partial charge < -0.3 is 4.74 Å². The van der Waals surface area contributed by atoms with E-state index < -0.39 is 9.84 Å². The molecule has 2 rings (SSSR count). The Labute approximate surface area is 146 Å². The summed E-state index contributed by atoms with van der Waals surface area (Å²) in [5.74, 6) is 0.631. The first kappa shape index (κ1) is 17.8. The van der Waals surface area contributed by atoms with Crippen molar-refractivity contribution in [3.8, 4) is 11.8 Å². The van der Waals surface area contributed by atoms with Gasteiger partial charge in [0, 0.05) is 5.02 Å². The van der Waals surface area contributed by atoms with E-state index in [1.165, 1.54) is 30.3 Å². The van der Waals surface area contributed by atoms with Gasteiger partial charge in [0.05, 0.1) is 4.90 Å². The Morgan fingerprint density at radius 2 is 1.79 bits per heavy atom. The van der Waals surface area contributed by atoms with Gasteiger partial charge in [0.2, 0.25) is 9.84 Å². The van der Waals surface area contributed by atoms with Gasteiger partial charge >= 0.3 is 0 Å². The zero-order valence-corrected chi connectivity index (χ0v) is 14.2. The highest BCUT2D eigenvalue weighted by Gasteiger charge is 2.20. The molecule has 0 heterocycles. The summed E-state index contributed by atoms with van der Waals surface area (Å²) in [7, 11) is -3.89. The van der Waals surface area contributed by atoms with Gasteiger partial charge in [-0.25, -0.2) is 8.42 Å². The molecule has 2 aromatic carbocycles. The lowest BCUT2D eigenvalue weighted by Crippen LogP contribution is -2.03. The molecule has 0 N–H and O–H groups in total. The molecule has 0 radical (unpaired) electrons. The van der Waals surface area contributed by atoms with E-state index in [4.69, 9.17) is 16.3 Å². The molecule has 24 heavy (non-hydrogen) atoms. The van der Waals surface area contributed by atoms with Crippen LogP contribution in [0.25, 0.3) is 6.08 Å². The second-order valence-electron chi connectivity index (χ2n) is 4.75. The van der Waals surface area contributed by atoms with E-state index in [1.807, 2.05) is 0 Å². The number of hydrogen-bond donors (Lipinski definition) is 0. The summed E-state index contributed by atoms with van der Waals surface area (Å²) in [6.45, 7) is 3.94. The zero-order chi connectivity index (χ0) is 17.6. The third kappa shape index (κ3) is 4.25. The molecule has 0 amide bonds. The van der Waals surface area contributed by atoms with E-state index in [0.717, 1.165) is 0 Å². The maximum absolute atomic E-state index is 12.5. The fraction of sp³-hybridized carbons (Fsp3) is 0.0556. The van der Waals surface area contributed by atoms with Crippen molar-refractivity contribution in [1.82, 2.24) is 0 Å². The monoisotopic (exact) mass is 359 g/mol. The smallest absolute Gasteiger partial charge is 0.216 e. The van der Waals surface area contributed by atoms with E-state index in [0.29, 0.717) is 22.9 Å². The molecule has 0 saturated carbocycles. The van der Waals surface area contributed by atoms with E-state index in [1.54, 1.807) is 36.4 Å². The average molecular weight is 360 g/mol. The molecule has 122 valence electrons. The number of benzene rings is 2. The quantitative estimate of drug-likeness (QED) is 0.571.